The molecule has 1 fully saturated rings. The lowest BCUT2D eigenvalue weighted by molar-refractivity contribution is -0.138. The van der Waals surface area contributed by atoms with Crippen LogP contribution in [0.2, 0.25) is 0 Å². The van der Waals surface area contributed by atoms with Crippen molar-refractivity contribution in [3.05, 3.63) is 0 Å². The zero-order chi connectivity index (χ0) is 13.9. The van der Waals surface area contributed by atoms with Gasteiger partial charge in [0.15, 0.2) is 0 Å². The normalized spacial score (nSPS) is 26.1. The molecule has 1 rings (SSSR count). The fourth-order valence-electron chi connectivity index (χ4n) is 3.28. The molecule has 3 atom stereocenters. The Morgan fingerprint density at radius 2 is 1.83 bits per heavy atom. The van der Waals surface area contributed by atoms with Gasteiger partial charge in [0.1, 0.15) is 0 Å². The van der Waals surface area contributed by atoms with Crippen LogP contribution in [0.5, 0.6) is 0 Å². The van der Waals surface area contributed by atoms with E-state index in [1.807, 2.05) is 0 Å². The zero-order valence-electron chi connectivity index (χ0n) is 13.1. The van der Waals surface area contributed by atoms with Gasteiger partial charge < -0.3 is 4.90 Å². The Morgan fingerprint density at radius 1 is 1.22 bits per heavy atom. The van der Waals surface area contributed by atoms with E-state index in [1.165, 1.54) is 12.8 Å². The van der Waals surface area contributed by atoms with Crippen LogP contribution in [0.15, 0.2) is 0 Å². The van der Waals surface area contributed by atoms with E-state index in [-0.39, 0.29) is 5.92 Å². The predicted octanol–water partition coefficient (Wildman–Crippen LogP) is 3.95. The molecule has 0 N–H and O–H groups in total. The lowest BCUT2D eigenvalue weighted by Crippen LogP contribution is -2.43. The second-order valence-electron chi connectivity index (χ2n) is 6.57. The first-order chi connectivity index (χ1) is 8.42. The van der Waals surface area contributed by atoms with Crippen molar-refractivity contribution in [3.63, 3.8) is 0 Å². The molecule has 1 amide bonds. The average Bonchev–Trinajstić information content (AvgIpc) is 2.73. The zero-order valence-corrected chi connectivity index (χ0v) is 13.1. The van der Waals surface area contributed by atoms with Gasteiger partial charge in [-0.05, 0) is 30.6 Å². The van der Waals surface area contributed by atoms with E-state index in [0.29, 0.717) is 29.7 Å². The first kappa shape index (κ1) is 15.5. The fourth-order valence-corrected chi connectivity index (χ4v) is 3.28. The lowest BCUT2D eigenvalue weighted by atomic mass is 9.90. The minimum absolute atomic E-state index is 0.210. The van der Waals surface area contributed by atoms with Crippen molar-refractivity contribution in [2.24, 2.45) is 23.7 Å². The summed E-state index contributed by atoms with van der Waals surface area (Å²) in [5, 5.41) is 0. The van der Waals surface area contributed by atoms with Crippen LogP contribution in [-0.4, -0.2) is 23.4 Å². The highest BCUT2D eigenvalue weighted by atomic mass is 16.2. The monoisotopic (exact) mass is 253 g/mol. The molecule has 2 nitrogen and oxygen atoms in total. The number of rotatable bonds is 5. The van der Waals surface area contributed by atoms with Crippen molar-refractivity contribution >= 4 is 5.91 Å². The minimum Gasteiger partial charge on any atom is -0.339 e. The summed E-state index contributed by atoms with van der Waals surface area (Å²) in [6.45, 7) is 14.2. The lowest BCUT2D eigenvalue weighted by Gasteiger charge is -2.32. The van der Waals surface area contributed by atoms with E-state index >= 15 is 0 Å². The van der Waals surface area contributed by atoms with E-state index in [4.69, 9.17) is 0 Å². The van der Waals surface area contributed by atoms with Crippen molar-refractivity contribution in [3.8, 4) is 0 Å². The minimum atomic E-state index is 0.210. The fraction of sp³-hybridized carbons (Fsp3) is 0.938. The molecule has 0 aliphatic carbocycles. The average molecular weight is 253 g/mol. The molecule has 0 spiro atoms. The summed E-state index contributed by atoms with van der Waals surface area (Å²) in [5.74, 6) is 2.36. The van der Waals surface area contributed by atoms with Gasteiger partial charge in [-0.25, -0.2) is 0 Å². The summed E-state index contributed by atoms with van der Waals surface area (Å²) in [6.07, 6.45) is 3.37. The summed E-state index contributed by atoms with van der Waals surface area (Å²) in [6, 6.07) is 0.468. The molecule has 2 unspecified atom stereocenters. The first-order valence-electron chi connectivity index (χ1n) is 7.72. The standard InChI is InChI=1S/C16H31NO/c1-7-13-9-15(12(5)6)17(10-13)16(18)14(8-2)11(3)4/h11-15H,7-10H2,1-6H3/t13?,14?,15-/m0/s1. The first-order valence-corrected chi connectivity index (χ1v) is 7.72. The number of carbonyl (C=O) groups excluding carboxylic acids is 1. The summed E-state index contributed by atoms with van der Waals surface area (Å²) < 4.78 is 0. The molecule has 0 radical (unpaired) electrons. The van der Waals surface area contributed by atoms with Crippen molar-refractivity contribution < 1.29 is 4.79 Å². The molecule has 0 bridgehead atoms. The van der Waals surface area contributed by atoms with Crippen LogP contribution in [0.4, 0.5) is 0 Å². The Morgan fingerprint density at radius 3 is 2.22 bits per heavy atom. The topological polar surface area (TPSA) is 20.3 Å². The highest BCUT2D eigenvalue weighted by Crippen LogP contribution is 2.32. The SMILES string of the molecule is CCC1C[C@@H](C(C)C)N(C(=O)C(CC)C(C)C)C1. The molecular weight excluding hydrogens is 222 g/mol. The highest BCUT2D eigenvalue weighted by Gasteiger charge is 2.38. The van der Waals surface area contributed by atoms with Gasteiger partial charge in [-0.2, -0.15) is 0 Å². The van der Waals surface area contributed by atoms with Crippen molar-refractivity contribution in [2.75, 3.05) is 6.54 Å². The number of nitrogens with zero attached hydrogens (tertiary/aromatic N) is 1. The Bertz CT molecular complexity index is 272. The van der Waals surface area contributed by atoms with Crippen LogP contribution in [0, 0.1) is 23.7 Å². The van der Waals surface area contributed by atoms with Gasteiger partial charge >= 0.3 is 0 Å². The van der Waals surface area contributed by atoms with Crippen molar-refractivity contribution in [1.29, 1.82) is 0 Å². The van der Waals surface area contributed by atoms with Gasteiger partial charge in [-0.3, -0.25) is 4.79 Å². The molecule has 1 aliphatic heterocycles. The van der Waals surface area contributed by atoms with Gasteiger partial charge in [0.05, 0.1) is 0 Å². The second-order valence-corrected chi connectivity index (χ2v) is 6.57. The van der Waals surface area contributed by atoms with Crippen molar-refractivity contribution in [2.45, 2.75) is 66.8 Å². The van der Waals surface area contributed by atoms with Crippen LogP contribution >= 0.6 is 0 Å². The third-order valence-electron chi connectivity index (χ3n) is 4.62. The Labute approximate surface area is 113 Å². The maximum atomic E-state index is 12.7. The predicted molar refractivity (Wildman–Crippen MR) is 77.4 cm³/mol. The summed E-state index contributed by atoms with van der Waals surface area (Å²) in [4.78, 5) is 14.9. The molecule has 18 heavy (non-hydrogen) atoms. The molecule has 106 valence electrons. The maximum absolute atomic E-state index is 12.7. The highest BCUT2D eigenvalue weighted by molar-refractivity contribution is 5.79. The Hall–Kier alpha value is -0.530. The van der Waals surface area contributed by atoms with Crippen molar-refractivity contribution in [1.82, 2.24) is 4.90 Å². The van der Waals surface area contributed by atoms with Gasteiger partial charge in [0, 0.05) is 18.5 Å². The third-order valence-corrected chi connectivity index (χ3v) is 4.62. The van der Waals surface area contributed by atoms with Crippen LogP contribution in [-0.2, 0) is 4.79 Å². The molecule has 0 saturated carbocycles. The number of likely N-dealkylation sites (tertiary alicyclic amines) is 1. The van der Waals surface area contributed by atoms with Crippen LogP contribution in [0.1, 0.15) is 60.8 Å². The van der Waals surface area contributed by atoms with Gasteiger partial charge in [0.2, 0.25) is 5.91 Å². The number of hydrogen-bond donors (Lipinski definition) is 0. The van der Waals surface area contributed by atoms with E-state index in [1.54, 1.807) is 0 Å². The Balaban J connectivity index is 2.81. The summed E-state index contributed by atoms with van der Waals surface area (Å²) in [5.41, 5.74) is 0. The molecule has 2 heteroatoms. The quantitative estimate of drug-likeness (QED) is 0.726. The molecular formula is C16H31NO. The van der Waals surface area contributed by atoms with E-state index < -0.39 is 0 Å². The van der Waals surface area contributed by atoms with E-state index in [0.717, 1.165) is 13.0 Å². The van der Waals surface area contributed by atoms with E-state index in [9.17, 15) is 4.79 Å². The number of hydrogen-bond acceptors (Lipinski definition) is 1. The summed E-state index contributed by atoms with van der Waals surface area (Å²) >= 11 is 0. The van der Waals surface area contributed by atoms with Crippen LogP contribution in [0.3, 0.4) is 0 Å². The number of carbonyl (C=O) groups is 1. The maximum Gasteiger partial charge on any atom is 0.226 e. The summed E-state index contributed by atoms with van der Waals surface area (Å²) in [7, 11) is 0. The van der Waals surface area contributed by atoms with Crippen LogP contribution in [0.25, 0.3) is 0 Å². The van der Waals surface area contributed by atoms with Gasteiger partial charge in [-0.1, -0.05) is 48.0 Å². The Kier molecular flexibility index (Phi) is 5.68. The smallest absolute Gasteiger partial charge is 0.226 e. The molecule has 0 aromatic rings. The molecule has 1 heterocycles. The van der Waals surface area contributed by atoms with E-state index in [2.05, 4.69) is 46.4 Å². The molecule has 1 aliphatic rings. The third kappa shape index (κ3) is 3.27. The van der Waals surface area contributed by atoms with Crippen LogP contribution < -0.4 is 0 Å². The number of amides is 1. The largest absolute Gasteiger partial charge is 0.339 e. The molecule has 0 aromatic heterocycles. The van der Waals surface area contributed by atoms with Gasteiger partial charge in [0.25, 0.3) is 0 Å². The second kappa shape index (κ2) is 6.58. The molecule has 1 saturated heterocycles. The molecule has 0 aromatic carbocycles. The van der Waals surface area contributed by atoms with Gasteiger partial charge in [-0.15, -0.1) is 0 Å².